The molecule has 1 saturated heterocycles. The Bertz CT molecular complexity index is 450. The number of thioether (sulfide) groups is 1. The molecule has 1 fully saturated rings. The molecular formula is C14H19ClN2OS. The Balaban J connectivity index is 1.91. The van der Waals surface area contributed by atoms with Crippen LogP contribution in [-0.2, 0) is 0 Å². The highest BCUT2D eigenvalue weighted by atomic mass is 35.5. The first-order valence-electron chi connectivity index (χ1n) is 6.49. The molecule has 2 N–H and O–H groups in total. The summed E-state index contributed by atoms with van der Waals surface area (Å²) < 4.78 is 0. The molecule has 1 aliphatic rings. The third-order valence-corrected chi connectivity index (χ3v) is 4.88. The van der Waals surface area contributed by atoms with E-state index in [4.69, 9.17) is 11.6 Å². The summed E-state index contributed by atoms with van der Waals surface area (Å²) in [6.45, 7) is 4.65. The zero-order valence-electron chi connectivity index (χ0n) is 11.3. The molecule has 0 aromatic heterocycles. The Kier molecular flexibility index (Phi) is 4.99. The van der Waals surface area contributed by atoms with Crippen LogP contribution in [0.1, 0.15) is 24.0 Å². The Morgan fingerprint density at radius 3 is 2.89 bits per heavy atom. The molecule has 0 saturated carbocycles. The van der Waals surface area contributed by atoms with Gasteiger partial charge in [-0.2, -0.15) is 11.8 Å². The van der Waals surface area contributed by atoms with Crippen LogP contribution in [0.5, 0.6) is 0 Å². The fourth-order valence-corrected chi connectivity index (χ4v) is 3.81. The first kappa shape index (κ1) is 14.5. The van der Waals surface area contributed by atoms with Crippen LogP contribution in [0.15, 0.2) is 12.1 Å². The molecule has 2 rings (SSSR count). The lowest BCUT2D eigenvalue weighted by Crippen LogP contribution is -2.33. The zero-order chi connectivity index (χ0) is 13.8. The van der Waals surface area contributed by atoms with Gasteiger partial charge in [0.25, 0.3) is 0 Å². The van der Waals surface area contributed by atoms with E-state index >= 15 is 0 Å². The van der Waals surface area contributed by atoms with E-state index in [0.717, 1.165) is 17.7 Å². The minimum absolute atomic E-state index is 0.179. The fraction of sp³-hybridized carbons (Fsp3) is 0.500. The van der Waals surface area contributed by atoms with Gasteiger partial charge in [-0.1, -0.05) is 17.7 Å². The van der Waals surface area contributed by atoms with Gasteiger partial charge in [0.2, 0.25) is 0 Å². The molecule has 1 heterocycles. The van der Waals surface area contributed by atoms with Crippen LogP contribution in [0.2, 0.25) is 5.02 Å². The first-order valence-corrected chi connectivity index (χ1v) is 7.92. The number of nitrogens with one attached hydrogen (secondary N) is 2. The number of hydrogen-bond donors (Lipinski definition) is 2. The SMILES string of the molecule is Cc1cc(C)c(NC(=O)NC[C@@H]2CCCS2)c(Cl)c1. The lowest BCUT2D eigenvalue weighted by molar-refractivity contribution is 0.252. The smallest absolute Gasteiger partial charge is 0.319 e. The minimum atomic E-state index is -0.179. The number of anilines is 1. The van der Waals surface area contributed by atoms with Gasteiger partial charge >= 0.3 is 6.03 Å². The van der Waals surface area contributed by atoms with Gasteiger partial charge in [0.1, 0.15) is 0 Å². The van der Waals surface area contributed by atoms with Gasteiger partial charge in [0, 0.05) is 11.8 Å². The molecule has 0 unspecified atom stereocenters. The molecule has 0 radical (unpaired) electrons. The molecular weight excluding hydrogens is 280 g/mol. The predicted molar refractivity (Wildman–Crippen MR) is 83.4 cm³/mol. The summed E-state index contributed by atoms with van der Waals surface area (Å²) in [5.74, 6) is 1.21. The van der Waals surface area contributed by atoms with Crippen LogP contribution < -0.4 is 10.6 Å². The summed E-state index contributed by atoms with van der Waals surface area (Å²) in [5, 5.41) is 6.89. The summed E-state index contributed by atoms with van der Waals surface area (Å²) in [6, 6.07) is 3.69. The lowest BCUT2D eigenvalue weighted by atomic mass is 10.1. The van der Waals surface area contributed by atoms with Crippen molar-refractivity contribution in [2.75, 3.05) is 17.6 Å². The standard InChI is InChI=1S/C14H19ClN2OS/c1-9-6-10(2)13(12(15)7-9)17-14(18)16-8-11-4-3-5-19-11/h6-7,11H,3-5,8H2,1-2H3,(H2,16,17,18)/t11-/m0/s1. The monoisotopic (exact) mass is 298 g/mol. The molecule has 1 aromatic rings. The summed E-state index contributed by atoms with van der Waals surface area (Å²) in [7, 11) is 0. The quantitative estimate of drug-likeness (QED) is 0.886. The molecule has 1 aliphatic heterocycles. The van der Waals surface area contributed by atoms with E-state index in [9.17, 15) is 4.79 Å². The number of halogens is 1. The molecule has 0 aliphatic carbocycles. The number of carbonyl (C=O) groups is 1. The number of urea groups is 1. The zero-order valence-corrected chi connectivity index (χ0v) is 12.8. The van der Waals surface area contributed by atoms with E-state index in [1.807, 2.05) is 37.7 Å². The molecule has 0 bridgehead atoms. The second-order valence-corrected chi connectivity index (χ2v) is 6.72. The van der Waals surface area contributed by atoms with E-state index in [1.54, 1.807) is 0 Å². The van der Waals surface area contributed by atoms with Crippen molar-refractivity contribution in [3.63, 3.8) is 0 Å². The third kappa shape index (κ3) is 4.05. The van der Waals surface area contributed by atoms with Gasteiger partial charge in [-0.05, 0) is 49.6 Å². The third-order valence-electron chi connectivity index (χ3n) is 3.18. The number of rotatable bonds is 3. The van der Waals surface area contributed by atoms with Crippen LogP contribution in [-0.4, -0.2) is 23.6 Å². The highest BCUT2D eigenvalue weighted by molar-refractivity contribution is 8.00. The maximum atomic E-state index is 11.9. The number of benzene rings is 1. The van der Waals surface area contributed by atoms with Gasteiger partial charge < -0.3 is 10.6 Å². The topological polar surface area (TPSA) is 41.1 Å². The van der Waals surface area contributed by atoms with Crippen molar-refractivity contribution in [1.82, 2.24) is 5.32 Å². The minimum Gasteiger partial charge on any atom is -0.337 e. The van der Waals surface area contributed by atoms with E-state index in [2.05, 4.69) is 10.6 Å². The summed E-state index contributed by atoms with van der Waals surface area (Å²) in [5.41, 5.74) is 2.77. The molecule has 104 valence electrons. The molecule has 19 heavy (non-hydrogen) atoms. The second-order valence-electron chi connectivity index (χ2n) is 4.91. The van der Waals surface area contributed by atoms with Crippen molar-refractivity contribution in [3.05, 3.63) is 28.3 Å². The van der Waals surface area contributed by atoms with Gasteiger partial charge in [0.05, 0.1) is 10.7 Å². The van der Waals surface area contributed by atoms with Crippen molar-refractivity contribution in [1.29, 1.82) is 0 Å². The largest absolute Gasteiger partial charge is 0.337 e. The van der Waals surface area contributed by atoms with Crippen LogP contribution in [0.4, 0.5) is 10.5 Å². The number of aryl methyl sites for hydroxylation is 2. The van der Waals surface area contributed by atoms with Crippen molar-refractivity contribution in [2.45, 2.75) is 31.9 Å². The Hall–Kier alpha value is -0.870. The molecule has 2 amide bonds. The molecule has 0 spiro atoms. The van der Waals surface area contributed by atoms with Crippen LogP contribution >= 0.6 is 23.4 Å². The van der Waals surface area contributed by atoms with Gasteiger partial charge in [0.15, 0.2) is 0 Å². The van der Waals surface area contributed by atoms with Gasteiger partial charge in [-0.3, -0.25) is 0 Å². The van der Waals surface area contributed by atoms with Crippen LogP contribution in [0.25, 0.3) is 0 Å². The number of hydrogen-bond acceptors (Lipinski definition) is 2. The van der Waals surface area contributed by atoms with E-state index in [0.29, 0.717) is 16.0 Å². The second kappa shape index (κ2) is 6.53. The average molecular weight is 299 g/mol. The van der Waals surface area contributed by atoms with Crippen molar-refractivity contribution >= 4 is 35.1 Å². The van der Waals surface area contributed by atoms with Gasteiger partial charge in [-0.25, -0.2) is 4.79 Å². The first-order chi connectivity index (χ1) is 9.06. The lowest BCUT2D eigenvalue weighted by Gasteiger charge is -2.14. The average Bonchev–Trinajstić information content (AvgIpc) is 2.84. The van der Waals surface area contributed by atoms with E-state index in [-0.39, 0.29) is 6.03 Å². The number of amides is 2. The molecule has 1 aromatic carbocycles. The Morgan fingerprint density at radius 1 is 1.47 bits per heavy atom. The van der Waals surface area contributed by atoms with Crippen molar-refractivity contribution in [2.24, 2.45) is 0 Å². The van der Waals surface area contributed by atoms with Crippen LogP contribution in [0.3, 0.4) is 0 Å². The summed E-state index contributed by atoms with van der Waals surface area (Å²) >= 11 is 8.09. The normalized spacial score (nSPS) is 18.4. The molecule has 5 heteroatoms. The van der Waals surface area contributed by atoms with Crippen molar-refractivity contribution < 1.29 is 4.79 Å². The summed E-state index contributed by atoms with van der Waals surface area (Å²) in [6.07, 6.45) is 2.44. The van der Waals surface area contributed by atoms with E-state index in [1.165, 1.54) is 18.6 Å². The molecule has 1 atom stereocenters. The molecule has 3 nitrogen and oxygen atoms in total. The predicted octanol–water partition coefficient (Wildman–Crippen LogP) is 3.97. The Labute approximate surface area is 123 Å². The van der Waals surface area contributed by atoms with Gasteiger partial charge in [-0.15, -0.1) is 0 Å². The Morgan fingerprint density at radius 2 is 2.26 bits per heavy atom. The van der Waals surface area contributed by atoms with E-state index < -0.39 is 0 Å². The summed E-state index contributed by atoms with van der Waals surface area (Å²) in [4.78, 5) is 11.9. The fourth-order valence-electron chi connectivity index (χ4n) is 2.24. The van der Waals surface area contributed by atoms with Crippen molar-refractivity contribution in [3.8, 4) is 0 Å². The maximum Gasteiger partial charge on any atom is 0.319 e. The maximum absolute atomic E-state index is 11.9. The highest BCUT2D eigenvalue weighted by Gasteiger charge is 2.16. The number of carbonyl (C=O) groups excluding carboxylic acids is 1. The highest BCUT2D eigenvalue weighted by Crippen LogP contribution is 2.27. The van der Waals surface area contributed by atoms with Crippen LogP contribution in [0, 0.1) is 13.8 Å².